The van der Waals surface area contributed by atoms with Gasteiger partial charge in [-0.05, 0) is 17.7 Å². The molecule has 0 aliphatic carbocycles. The molecule has 160 valence electrons. The molecule has 10 heteroatoms. The summed E-state index contributed by atoms with van der Waals surface area (Å²) in [6.45, 7) is 0.918. The second kappa shape index (κ2) is 8.54. The van der Waals surface area contributed by atoms with Crippen molar-refractivity contribution in [2.45, 2.75) is 6.54 Å². The van der Waals surface area contributed by atoms with Gasteiger partial charge in [0.1, 0.15) is 18.0 Å². The molecular formula is C20H23FN4O5. The lowest BCUT2D eigenvalue weighted by atomic mass is 10.1. The third kappa shape index (κ3) is 3.99. The Kier molecular flexibility index (Phi) is 6.06. The number of amides is 2. The molecule has 1 N–H and O–H groups in total. The quantitative estimate of drug-likeness (QED) is 0.738. The molecule has 0 bridgehead atoms. The zero-order valence-electron chi connectivity index (χ0n) is 17.0. The third-order valence-electron chi connectivity index (χ3n) is 4.87. The maximum Gasteiger partial charge on any atom is 0.277 e. The van der Waals surface area contributed by atoms with Crippen LogP contribution in [-0.4, -0.2) is 72.4 Å². The Morgan fingerprint density at radius 1 is 1.27 bits per heavy atom. The van der Waals surface area contributed by atoms with Crippen molar-refractivity contribution in [3.63, 3.8) is 0 Å². The second-order valence-electron chi connectivity index (χ2n) is 7.06. The first kappa shape index (κ1) is 21.3. The number of methoxy groups -OCH3 is 1. The summed E-state index contributed by atoms with van der Waals surface area (Å²) >= 11 is 0. The second-order valence-corrected chi connectivity index (χ2v) is 7.06. The highest BCUT2D eigenvalue weighted by atomic mass is 19.1. The first-order valence-corrected chi connectivity index (χ1v) is 9.22. The summed E-state index contributed by atoms with van der Waals surface area (Å²) in [5.74, 6) is -2.33. The molecule has 1 aliphatic rings. The number of hydrogen-bond donors (Lipinski definition) is 1. The van der Waals surface area contributed by atoms with E-state index < -0.39 is 28.8 Å². The van der Waals surface area contributed by atoms with E-state index in [9.17, 15) is 23.9 Å². The van der Waals surface area contributed by atoms with Crippen LogP contribution < -0.4 is 10.4 Å². The molecule has 0 unspecified atom stereocenters. The van der Waals surface area contributed by atoms with E-state index in [2.05, 4.69) is 0 Å². The van der Waals surface area contributed by atoms with Gasteiger partial charge in [-0.2, -0.15) is 0 Å². The van der Waals surface area contributed by atoms with Gasteiger partial charge in [0.15, 0.2) is 11.4 Å². The summed E-state index contributed by atoms with van der Waals surface area (Å²) < 4.78 is 19.4. The summed E-state index contributed by atoms with van der Waals surface area (Å²) in [5, 5.41) is 12.1. The summed E-state index contributed by atoms with van der Waals surface area (Å²) in [4.78, 5) is 41.0. The average molecular weight is 418 g/mol. The smallest absolute Gasteiger partial charge is 0.277 e. The number of aromatic nitrogens is 1. The van der Waals surface area contributed by atoms with Crippen molar-refractivity contribution in [3.05, 3.63) is 63.3 Å². The van der Waals surface area contributed by atoms with Crippen molar-refractivity contribution >= 4 is 11.8 Å². The van der Waals surface area contributed by atoms with E-state index in [1.165, 1.54) is 59.1 Å². The molecular weight excluding hydrogens is 395 g/mol. The van der Waals surface area contributed by atoms with Gasteiger partial charge in [0.05, 0.1) is 6.61 Å². The number of pyridine rings is 1. The van der Waals surface area contributed by atoms with Crippen molar-refractivity contribution in [1.82, 2.24) is 14.5 Å². The molecule has 3 rings (SSSR count). The van der Waals surface area contributed by atoms with E-state index in [0.717, 1.165) is 0 Å². The fourth-order valence-electron chi connectivity index (χ4n) is 3.25. The van der Waals surface area contributed by atoms with Crippen LogP contribution in [0.4, 0.5) is 4.39 Å². The lowest BCUT2D eigenvalue weighted by Gasteiger charge is -2.37. The molecule has 2 aromatic rings. The number of hydrogen-bond acceptors (Lipinski definition) is 6. The van der Waals surface area contributed by atoms with E-state index in [4.69, 9.17) is 4.74 Å². The molecule has 2 heterocycles. The van der Waals surface area contributed by atoms with Gasteiger partial charge in [0, 0.05) is 40.5 Å². The average Bonchev–Trinajstić information content (AvgIpc) is 2.72. The van der Waals surface area contributed by atoms with Gasteiger partial charge in [-0.25, -0.2) is 4.39 Å². The zero-order valence-corrected chi connectivity index (χ0v) is 17.0. The van der Waals surface area contributed by atoms with E-state index >= 15 is 0 Å². The Balaban J connectivity index is 1.92. The number of fused-ring (bicyclic) bond motifs is 1. The van der Waals surface area contributed by atoms with Crippen LogP contribution in [0.5, 0.6) is 5.75 Å². The largest absolute Gasteiger partial charge is 0.502 e. The SMILES string of the molecule is COCCN1CN(C)n2cc(C(=O)N(C)Cc3ccc(F)cc3)c(=O)c(O)c2C1=O. The van der Waals surface area contributed by atoms with E-state index in [1.807, 2.05) is 0 Å². The molecule has 0 spiro atoms. The molecule has 1 aromatic carbocycles. The monoisotopic (exact) mass is 418 g/mol. The van der Waals surface area contributed by atoms with Gasteiger partial charge < -0.3 is 19.6 Å². The van der Waals surface area contributed by atoms with Crippen molar-refractivity contribution < 1.29 is 23.8 Å². The molecule has 1 aliphatic heterocycles. The molecule has 0 saturated heterocycles. The molecule has 1 aromatic heterocycles. The standard InChI is InChI=1S/C20H23FN4O5/c1-22(10-13-4-6-14(21)7-5-13)19(28)15-11-25-16(18(27)17(15)26)20(29)24(8-9-30-3)12-23(25)2/h4-7,11,27H,8-10,12H2,1-3H3. The Morgan fingerprint density at radius 2 is 1.93 bits per heavy atom. The van der Waals surface area contributed by atoms with Gasteiger partial charge in [0.25, 0.3) is 11.8 Å². The van der Waals surface area contributed by atoms with E-state index in [0.29, 0.717) is 12.2 Å². The summed E-state index contributed by atoms with van der Waals surface area (Å²) in [5.41, 5.74) is -0.725. The minimum absolute atomic E-state index is 0.140. The topological polar surface area (TPSA) is 95.3 Å². The van der Waals surface area contributed by atoms with Crippen LogP contribution in [0.1, 0.15) is 26.4 Å². The van der Waals surface area contributed by atoms with Gasteiger partial charge in [-0.1, -0.05) is 12.1 Å². The molecule has 30 heavy (non-hydrogen) atoms. The van der Waals surface area contributed by atoms with Gasteiger partial charge in [0.2, 0.25) is 5.43 Å². The lowest BCUT2D eigenvalue weighted by molar-refractivity contribution is 0.0627. The first-order chi connectivity index (χ1) is 14.2. The fraction of sp³-hybridized carbons (Fsp3) is 0.350. The molecule has 0 atom stereocenters. The maximum absolute atomic E-state index is 13.1. The van der Waals surface area contributed by atoms with Crippen LogP contribution in [-0.2, 0) is 11.3 Å². The number of benzene rings is 1. The minimum atomic E-state index is -0.924. The predicted molar refractivity (Wildman–Crippen MR) is 106 cm³/mol. The number of rotatable bonds is 6. The van der Waals surface area contributed by atoms with Crippen molar-refractivity contribution in [2.75, 3.05) is 46.0 Å². The van der Waals surface area contributed by atoms with Crippen molar-refractivity contribution in [1.29, 1.82) is 0 Å². The number of aromatic hydroxyl groups is 1. The number of ether oxygens (including phenoxy) is 1. The summed E-state index contributed by atoms with van der Waals surface area (Å²) in [7, 11) is 4.66. The third-order valence-corrected chi connectivity index (χ3v) is 4.87. The van der Waals surface area contributed by atoms with Crippen LogP contribution in [0.2, 0.25) is 0 Å². The first-order valence-electron chi connectivity index (χ1n) is 9.22. The lowest BCUT2D eigenvalue weighted by Crippen LogP contribution is -2.53. The van der Waals surface area contributed by atoms with E-state index in [1.54, 1.807) is 12.1 Å². The highest BCUT2D eigenvalue weighted by Crippen LogP contribution is 2.21. The normalized spacial score (nSPS) is 13.4. The highest BCUT2D eigenvalue weighted by molar-refractivity contribution is 5.99. The van der Waals surface area contributed by atoms with Crippen LogP contribution in [0.3, 0.4) is 0 Å². The van der Waals surface area contributed by atoms with Crippen molar-refractivity contribution in [2.24, 2.45) is 0 Å². The van der Waals surface area contributed by atoms with Crippen LogP contribution in [0.15, 0.2) is 35.3 Å². The van der Waals surface area contributed by atoms with Gasteiger partial charge >= 0.3 is 0 Å². The number of carbonyl (C=O) groups excluding carboxylic acids is 2. The minimum Gasteiger partial charge on any atom is -0.502 e. The molecule has 9 nitrogen and oxygen atoms in total. The van der Waals surface area contributed by atoms with Crippen LogP contribution >= 0.6 is 0 Å². The Hall–Kier alpha value is -3.40. The maximum atomic E-state index is 13.1. The Labute approximate surface area is 172 Å². The number of halogens is 1. The molecule has 2 amide bonds. The fourth-order valence-corrected chi connectivity index (χ4v) is 3.25. The van der Waals surface area contributed by atoms with Crippen LogP contribution in [0, 0.1) is 5.82 Å². The summed E-state index contributed by atoms with van der Waals surface area (Å²) in [6.07, 6.45) is 1.26. The summed E-state index contributed by atoms with van der Waals surface area (Å²) in [6, 6.07) is 5.64. The van der Waals surface area contributed by atoms with Gasteiger partial charge in [-0.3, -0.25) is 24.1 Å². The number of carbonyl (C=O) groups is 2. The van der Waals surface area contributed by atoms with Crippen LogP contribution in [0.25, 0.3) is 0 Å². The number of nitrogens with zero attached hydrogens (tertiary/aromatic N) is 4. The molecule has 0 fully saturated rings. The van der Waals surface area contributed by atoms with E-state index in [-0.39, 0.29) is 31.0 Å². The Bertz CT molecular complexity index is 1020. The molecule has 0 radical (unpaired) electrons. The Morgan fingerprint density at radius 3 is 2.57 bits per heavy atom. The van der Waals surface area contributed by atoms with Crippen molar-refractivity contribution in [3.8, 4) is 5.75 Å². The zero-order chi connectivity index (χ0) is 22.0. The predicted octanol–water partition coefficient (Wildman–Crippen LogP) is 0.593. The van der Waals surface area contributed by atoms with Gasteiger partial charge in [-0.15, -0.1) is 0 Å². The highest BCUT2D eigenvalue weighted by Gasteiger charge is 2.33. The molecule has 0 saturated carbocycles.